The number of carbonyl (C=O) groups is 2. The van der Waals surface area contributed by atoms with Crippen molar-refractivity contribution in [2.45, 2.75) is 17.1 Å². The molecule has 1 unspecified atom stereocenters. The Balaban J connectivity index is 1.36. The van der Waals surface area contributed by atoms with Gasteiger partial charge in [0.25, 0.3) is 5.91 Å². The van der Waals surface area contributed by atoms with Crippen molar-refractivity contribution in [2.24, 2.45) is 0 Å². The summed E-state index contributed by atoms with van der Waals surface area (Å²) in [4.78, 5) is 30.9. The number of nitrogens with zero attached hydrogens (tertiary/aromatic N) is 1. The highest BCUT2D eigenvalue weighted by atomic mass is 32.2. The number of hydrogen-bond acceptors (Lipinski definition) is 8. The van der Waals surface area contributed by atoms with E-state index in [1.54, 1.807) is 45.6 Å². The lowest BCUT2D eigenvalue weighted by molar-refractivity contribution is -0.115. The van der Waals surface area contributed by atoms with Crippen molar-refractivity contribution in [1.29, 1.82) is 0 Å². The zero-order valence-corrected chi connectivity index (χ0v) is 22.9. The van der Waals surface area contributed by atoms with Gasteiger partial charge in [-0.25, -0.2) is 4.98 Å². The summed E-state index contributed by atoms with van der Waals surface area (Å²) in [6.07, 6.45) is 0. The molecular weight excluding hydrogens is 522 g/mol. The lowest BCUT2D eigenvalue weighted by Crippen LogP contribution is -2.22. The molecule has 0 radical (unpaired) electrons. The fourth-order valence-electron chi connectivity index (χ4n) is 3.52. The Morgan fingerprint density at radius 2 is 1.66 bits per heavy atom. The Labute approximate surface area is 229 Å². The average Bonchev–Trinajstić information content (AvgIpc) is 3.41. The van der Waals surface area contributed by atoms with E-state index in [0.717, 1.165) is 16.2 Å². The number of benzene rings is 3. The SMILES string of the molecule is COc1ccc(C(=O)Nc2cccc(SC(C)C(=O)Nc3nc(-c4ccc(OC)c(OC)c4)cs3)c2)cc1. The van der Waals surface area contributed by atoms with Gasteiger partial charge < -0.3 is 24.8 Å². The van der Waals surface area contributed by atoms with Gasteiger partial charge in [0.2, 0.25) is 5.91 Å². The Morgan fingerprint density at radius 3 is 2.37 bits per heavy atom. The third-order valence-electron chi connectivity index (χ3n) is 5.54. The van der Waals surface area contributed by atoms with E-state index in [4.69, 9.17) is 14.2 Å². The van der Waals surface area contributed by atoms with Crippen LogP contribution in [0.1, 0.15) is 17.3 Å². The lowest BCUT2D eigenvalue weighted by Gasteiger charge is -2.12. The van der Waals surface area contributed by atoms with E-state index in [9.17, 15) is 9.59 Å². The van der Waals surface area contributed by atoms with Crippen LogP contribution < -0.4 is 24.8 Å². The van der Waals surface area contributed by atoms with Gasteiger partial charge in [-0.15, -0.1) is 23.1 Å². The third kappa shape index (κ3) is 6.64. The molecule has 3 aromatic carbocycles. The van der Waals surface area contributed by atoms with Crippen LogP contribution >= 0.6 is 23.1 Å². The van der Waals surface area contributed by atoms with Crippen LogP contribution in [0.25, 0.3) is 11.3 Å². The maximum Gasteiger partial charge on any atom is 0.255 e. The van der Waals surface area contributed by atoms with Gasteiger partial charge in [0.15, 0.2) is 16.6 Å². The predicted molar refractivity (Wildman–Crippen MR) is 152 cm³/mol. The molecule has 1 heterocycles. The number of thioether (sulfide) groups is 1. The number of anilines is 2. The highest BCUT2D eigenvalue weighted by molar-refractivity contribution is 8.00. The topological polar surface area (TPSA) is 98.8 Å². The molecule has 0 saturated carbocycles. The molecule has 2 amide bonds. The lowest BCUT2D eigenvalue weighted by atomic mass is 10.1. The van der Waals surface area contributed by atoms with Crippen molar-refractivity contribution in [3.63, 3.8) is 0 Å². The quantitative estimate of drug-likeness (QED) is 0.227. The van der Waals surface area contributed by atoms with Crippen molar-refractivity contribution >= 4 is 45.7 Å². The molecule has 0 aliphatic heterocycles. The maximum atomic E-state index is 12.9. The minimum Gasteiger partial charge on any atom is -0.497 e. The minimum atomic E-state index is -0.393. The van der Waals surface area contributed by atoms with Crippen LogP contribution in [0.5, 0.6) is 17.2 Å². The second kappa shape index (κ2) is 12.5. The number of ether oxygens (including phenoxy) is 3. The summed E-state index contributed by atoms with van der Waals surface area (Å²) in [5.41, 5.74) is 2.75. The summed E-state index contributed by atoms with van der Waals surface area (Å²) in [7, 11) is 4.74. The molecule has 38 heavy (non-hydrogen) atoms. The van der Waals surface area contributed by atoms with Crippen LogP contribution in [-0.4, -0.2) is 43.4 Å². The van der Waals surface area contributed by atoms with E-state index < -0.39 is 5.25 Å². The second-order valence-corrected chi connectivity index (χ2v) is 10.3. The van der Waals surface area contributed by atoms with E-state index in [2.05, 4.69) is 15.6 Å². The molecule has 1 atom stereocenters. The van der Waals surface area contributed by atoms with Gasteiger partial charge in [-0.3, -0.25) is 9.59 Å². The fourth-order valence-corrected chi connectivity index (χ4v) is 5.17. The van der Waals surface area contributed by atoms with E-state index in [0.29, 0.717) is 33.6 Å². The minimum absolute atomic E-state index is 0.170. The molecule has 0 bridgehead atoms. The predicted octanol–water partition coefficient (Wildman–Crippen LogP) is 6.21. The highest BCUT2D eigenvalue weighted by Crippen LogP contribution is 2.34. The summed E-state index contributed by atoms with van der Waals surface area (Å²) >= 11 is 2.74. The molecule has 0 aliphatic rings. The van der Waals surface area contributed by atoms with Crippen molar-refractivity contribution < 1.29 is 23.8 Å². The molecule has 0 fully saturated rings. The standard InChI is InChI=1S/C28H27N3O5S2/c1-17(26(32)31-28-30-23(16-37-28)19-10-13-24(35-3)25(14-19)36-4)38-22-7-5-6-20(15-22)29-27(33)18-8-11-21(34-2)12-9-18/h5-17H,1-4H3,(H,29,33)(H,30,31,32). The number of hydrogen-bond donors (Lipinski definition) is 2. The molecular formula is C28H27N3O5S2. The zero-order chi connectivity index (χ0) is 27.1. The molecule has 4 rings (SSSR count). The van der Waals surface area contributed by atoms with Gasteiger partial charge in [0, 0.05) is 27.1 Å². The summed E-state index contributed by atoms with van der Waals surface area (Å²) < 4.78 is 15.8. The van der Waals surface area contributed by atoms with E-state index >= 15 is 0 Å². The van der Waals surface area contributed by atoms with Crippen molar-refractivity contribution in [3.8, 4) is 28.5 Å². The van der Waals surface area contributed by atoms with E-state index in [1.807, 2.05) is 54.8 Å². The number of rotatable bonds is 10. The average molecular weight is 550 g/mol. The number of methoxy groups -OCH3 is 3. The fraction of sp³-hybridized carbons (Fsp3) is 0.179. The molecule has 0 aliphatic carbocycles. The maximum absolute atomic E-state index is 12.9. The van der Waals surface area contributed by atoms with Gasteiger partial charge in [-0.2, -0.15) is 0 Å². The number of nitrogens with one attached hydrogen (secondary N) is 2. The first-order chi connectivity index (χ1) is 18.4. The summed E-state index contributed by atoms with van der Waals surface area (Å²) in [5, 5.41) is 7.78. The van der Waals surface area contributed by atoms with Crippen LogP contribution in [0, 0.1) is 0 Å². The highest BCUT2D eigenvalue weighted by Gasteiger charge is 2.17. The van der Waals surface area contributed by atoms with Gasteiger partial charge in [0.1, 0.15) is 5.75 Å². The van der Waals surface area contributed by atoms with Gasteiger partial charge in [-0.05, 0) is 67.6 Å². The van der Waals surface area contributed by atoms with Crippen LogP contribution in [0.2, 0.25) is 0 Å². The Hall–Kier alpha value is -4.02. The third-order valence-corrected chi connectivity index (χ3v) is 7.39. The number of thiazole rings is 1. The second-order valence-electron chi connectivity index (χ2n) is 8.07. The van der Waals surface area contributed by atoms with Crippen LogP contribution in [0.3, 0.4) is 0 Å². The zero-order valence-electron chi connectivity index (χ0n) is 21.3. The van der Waals surface area contributed by atoms with Gasteiger partial charge in [0.05, 0.1) is 32.3 Å². The molecule has 10 heteroatoms. The van der Waals surface area contributed by atoms with Crippen LogP contribution in [-0.2, 0) is 4.79 Å². The monoisotopic (exact) mass is 549 g/mol. The molecule has 2 N–H and O–H groups in total. The number of amides is 2. The smallest absolute Gasteiger partial charge is 0.255 e. The summed E-state index contributed by atoms with van der Waals surface area (Å²) in [6.45, 7) is 1.82. The van der Waals surface area contributed by atoms with Crippen LogP contribution in [0.15, 0.2) is 77.0 Å². The summed E-state index contributed by atoms with van der Waals surface area (Å²) in [6, 6.07) is 19.8. The van der Waals surface area contributed by atoms with E-state index in [1.165, 1.54) is 23.1 Å². The van der Waals surface area contributed by atoms with Crippen molar-refractivity contribution in [1.82, 2.24) is 4.98 Å². The first-order valence-corrected chi connectivity index (χ1v) is 13.4. The first-order valence-electron chi connectivity index (χ1n) is 11.6. The molecule has 8 nitrogen and oxygen atoms in total. The number of aromatic nitrogens is 1. The van der Waals surface area contributed by atoms with E-state index in [-0.39, 0.29) is 11.8 Å². The molecule has 196 valence electrons. The van der Waals surface area contributed by atoms with Gasteiger partial charge >= 0.3 is 0 Å². The van der Waals surface area contributed by atoms with Crippen molar-refractivity contribution in [2.75, 3.05) is 32.0 Å². The normalized spacial score (nSPS) is 11.4. The first kappa shape index (κ1) is 27.0. The molecule has 1 aromatic heterocycles. The Bertz CT molecular complexity index is 1420. The molecule has 0 spiro atoms. The van der Waals surface area contributed by atoms with Crippen LogP contribution in [0.4, 0.5) is 10.8 Å². The summed E-state index contributed by atoms with van der Waals surface area (Å²) in [5.74, 6) is 1.53. The molecule has 0 saturated heterocycles. The van der Waals surface area contributed by atoms with Crippen molar-refractivity contribution in [3.05, 3.63) is 77.7 Å². The van der Waals surface area contributed by atoms with Gasteiger partial charge in [-0.1, -0.05) is 6.07 Å². The largest absolute Gasteiger partial charge is 0.497 e. The molecule has 4 aromatic rings. The number of carbonyl (C=O) groups excluding carboxylic acids is 2. The Kier molecular flexibility index (Phi) is 8.88. The Morgan fingerprint density at radius 1 is 0.895 bits per heavy atom.